The zero-order valence-electron chi connectivity index (χ0n) is 12.5. The van der Waals surface area contributed by atoms with Crippen LogP contribution in [0.2, 0.25) is 0 Å². The number of carboxylic acid groups (broad SMARTS) is 1. The van der Waals surface area contributed by atoms with Crippen LogP contribution in [0.25, 0.3) is 0 Å². The fraction of sp³-hybridized carbons (Fsp3) is 0.733. The molecule has 114 valence electrons. The maximum Gasteiger partial charge on any atom is 0.307 e. The first kappa shape index (κ1) is 16.7. The molecule has 0 saturated carbocycles. The number of hydrogen-bond donors (Lipinski definition) is 1. The number of carbonyl (C=O) groups is 2. The molecule has 0 aliphatic heterocycles. The summed E-state index contributed by atoms with van der Waals surface area (Å²) in [6, 6.07) is 0. The quantitative estimate of drug-likeness (QED) is 0.723. The molecule has 0 aromatic carbocycles. The number of aliphatic carboxylic acids is 1. The lowest BCUT2D eigenvalue weighted by atomic mass is 9.82. The summed E-state index contributed by atoms with van der Waals surface area (Å²) < 4.78 is 5.04. The molecule has 2 atom stereocenters. The molecule has 1 aliphatic rings. The van der Waals surface area contributed by atoms with Crippen molar-refractivity contribution in [1.82, 2.24) is 4.90 Å². The second kappa shape index (κ2) is 8.04. The molecule has 1 aliphatic carbocycles. The minimum atomic E-state index is -0.885. The molecule has 0 aromatic rings. The minimum absolute atomic E-state index is 0.0625. The Bertz CT molecular complexity index is 365. The third-order valence-corrected chi connectivity index (χ3v) is 3.53. The Kier molecular flexibility index (Phi) is 6.71. The minimum Gasteiger partial charge on any atom is -0.481 e. The summed E-state index contributed by atoms with van der Waals surface area (Å²) >= 11 is 0. The van der Waals surface area contributed by atoms with Gasteiger partial charge in [0.1, 0.15) is 0 Å². The van der Waals surface area contributed by atoms with E-state index in [-0.39, 0.29) is 5.91 Å². The summed E-state index contributed by atoms with van der Waals surface area (Å²) in [6.07, 6.45) is 4.71. The molecule has 20 heavy (non-hydrogen) atoms. The first-order chi connectivity index (χ1) is 9.47. The fourth-order valence-electron chi connectivity index (χ4n) is 2.53. The van der Waals surface area contributed by atoms with Crippen molar-refractivity contribution in [3.05, 3.63) is 12.2 Å². The molecule has 0 aromatic heterocycles. The van der Waals surface area contributed by atoms with Crippen LogP contribution in [-0.2, 0) is 14.3 Å². The van der Waals surface area contributed by atoms with Gasteiger partial charge in [-0.3, -0.25) is 9.59 Å². The highest BCUT2D eigenvalue weighted by Gasteiger charge is 2.36. The molecule has 1 amide bonds. The molecule has 5 heteroatoms. The number of nitrogens with zero attached hydrogens (tertiary/aromatic N) is 1. The van der Waals surface area contributed by atoms with Crippen LogP contribution in [0.1, 0.15) is 26.7 Å². The Labute approximate surface area is 120 Å². The lowest BCUT2D eigenvalue weighted by Gasteiger charge is -2.32. The van der Waals surface area contributed by atoms with Crippen molar-refractivity contribution < 1.29 is 19.4 Å². The summed E-state index contributed by atoms with van der Waals surface area (Å²) in [6.45, 7) is 5.71. The van der Waals surface area contributed by atoms with E-state index in [4.69, 9.17) is 4.74 Å². The Balaban J connectivity index is 2.80. The summed E-state index contributed by atoms with van der Waals surface area (Å²) in [5, 5.41) is 9.27. The van der Waals surface area contributed by atoms with E-state index in [1.807, 2.05) is 26.0 Å². The van der Waals surface area contributed by atoms with Crippen LogP contribution in [0.5, 0.6) is 0 Å². The Morgan fingerprint density at radius 1 is 1.30 bits per heavy atom. The van der Waals surface area contributed by atoms with Crippen LogP contribution in [0.3, 0.4) is 0 Å². The van der Waals surface area contributed by atoms with Crippen molar-refractivity contribution in [3.8, 4) is 0 Å². The maximum absolute atomic E-state index is 12.6. The SMILES string of the molecule is COCCN(CC(C)C)C(=O)C1CC=CCC1C(=O)O. The number of methoxy groups -OCH3 is 1. The van der Waals surface area contributed by atoms with Gasteiger partial charge in [0.15, 0.2) is 0 Å². The molecular weight excluding hydrogens is 258 g/mol. The third kappa shape index (κ3) is 4.63. The number of rotatable bonds is 7. The van der Waals surface area contributed by atoms with Crippen LogP contribution in [0, 0.1) is 17.8 Å². The number of hydrogen-bond acceptors (Lipinski definition) is 3. The van der Waals surface area contributed by atoms with Crippen molar-refractivity contribution in [2.45, 2.75) is 26.7 Å². The zero-order chi connectivity index (χ0) is 15.1. The van der Waals surface area contributed by atoms with Gasteiger partial charge in [0.2, 0.25) is 5.91 Å². The van der Waals surface area contributed by atoms with Gasteiger partial charge < -0.3 is 14.7 Å². The summed E-state index contributed by atoms with van der Waals surface area (Å²) in [5.41, 5.74) is 0. The molecular formula is C15H25NO4. The van der Waals surface area contributed by atoms with E-state index < -0.39 is 17.8 Å². The molecule has 2 unspecified atom stereocenters. The molecule has 0 fully saturated rings. The van der Waals surface area contributed by atoms with Gasteiger partial charge in [-0.15, -0.1) is 0 Å². The Hall–Kier alpha value is -1.36. The molecule has 0 saturated heterocycles. The summed E-state index contributed by atoms with van der Waals surface area (Å²) in [4.78, 5) is 25.7. The van der Waals surface area contributed by atoms with Crippen molar-refractivity contribution in [2.24, 2.45) is 17.8 Å². The summed E-state index contributed by atoms with van der Waals surface area (Å²) in [7, 11) is 1.60. The van der Waals surface area contributed by atoms with Crippen LogP contribution in [0.15, 0.2) is 12.2 Å². The molecule has 0 heterocycles. The zero-order valence-corrected chi connectivity index (χ0v) is 12.5. The van der Waals surface area contributed by atoms with Crippen molar-refractivity contribution in [3.63, 3.8) is 0 Å². The number of allylic oxidation sites excluding steroid dienone is 2. The Morgan fingerprint density at radius 2 is 1.90 bits per heavy atom. The molecule has 1 rings (SSSR count). The van der Waals surface area contributed by atoms with E-state index in [2.05, 4.69) is 0 Å². The fourth-order valence-corrected chi connectivity index (χ4v) is 2.53. The number of carbonyl (C=O) groups excluding carboxylic acids is 1. The highest BCUT2D eigenvalue weighted by molar-refractivity contribution is 5.85. The third-order valence-electron chi connectivity index (χ3n) is 3.53. The molecule has 1 N–H and O–H groups in total. The lowest BCUT2D eigenvalue weighted by Crippen LogP contribution is -2.44. The largest absolute Gasteiger partial charge is 0.481 e. The molecule has 0 bridgehead atoms. The monoisotopic (exact) mass is 283 g/mol. The highest BCUT2D eigenvalue weighted by Crippen LogP contribution is 2.28. The van der Waals surface area contributed by atoms with E-state index in [1.54, 1.807) is 12.0 Å². The predicted molar refractivity (Wildman–Crippen MR) is 76.3 cm³/mol. The van der Waals surface area contributed by atoms with Gasteiger partial charge in [-0.25, -0.2) is 0 Å². The van der Waals surface area contributed by atoms with E-state index in [9.17, 15) is 14.7 Å². The smallest absolute Gasteiger partial charge is 0.307 e. The van der Waals surface area contributed by atoms with Gasteiger partial charge in [-0.1, -0.05) is 26.0 Å². The van der Waals surface area contributed by atoms with Gasteiger partial charge in [0.05, 0.1) is 18.4 Å². The van der Waals surface area contributed by atoms with Gasteiger partial charge in [0.25, 0.3) is 0 Å². The highest BCUT2D eigenvalue weighted by atomic mass is 16.5. The molecule has 0 radical (unpaired) electrons. The summed E-state index contributed by atoms with van der Waals surface area (Å²) in [5.74, 6) is -1.66. The number of carboxylic acids is 1. The number of amides is 1. The average molecular weight is 283 g/mol. The first-order valence-electron chi connectivity index (χ1n) is 7.12. The van der Waals surface area contributed by atoms with Crippen LogP contribution in [-0.4, -0.2) is 48.7 Å². The maximum atomic E-state index is 12.6. The van der Waals surface area contributed by atoms with Gasteiger partial charge in [-0.2, -0.15) is 0 Å². The predicted octanol–water partition coefficient (Wildman–Crippen LogP) is 1.78. The van der Waals surface area contributed by atoms with Crippen molar-refractivity contribution in [2.75, 3.05) is 26.8 Å². The Morgan fingerprint density at radius 3 is 2.40 bits per heavy atom. The van der Waals surface area contributed by atoms with Crippen molar-refractivity contribution in [1.29, 1.82) is 0 Å². The average Bonchev–Trinajstić information content (AvgIpc) is 2.42. The lowest BCUT2D eigenvalue weighted by molar-refractivity contribution is -0.151. The second-order valence-corrected chi connectivity index (χ2v) is 5.66. The number of ether oxygens (including phenoxy) is 1. The normalized spacial score (nSPS) is 22.0. The van der Waals surface area contributed by atoms with E-state index in [0.29, 0.717) is 38.5 Å². The standard InChI is InChI=1S/C15H25NO4/c1-11(2)10-16(8-9-20-3)14(17)12-6-4-5-7-13(12)15(18)19/h4-5,11-13H,6-10H2,1-3H3,(H,18,19). The van der Waals surface area contributed by atoms with E-state index in [0.717, 1.165) is 0 Å². The second-order valence-electron chi connectivity index (χ2n) is 5.66. The van der Waals surface area contributed by atoms with Gasteiger partial charge >= 0.3 is 5.97 Å². The van der Waals surface area contributed by atoms with Gasteiger partial charge in [0, 0.05) is 20.2 Å². The molecule has 5 nitrogen and oxygen atoms in total. The van der Waals surface area contributed by atoms with E-state index >= 15 is 0 Å². The van der Waals surface area contributed by atoms with Crippen LogP contribution >= 0.6 is 0 Å². The molecule has 0 spiro atoms. The van der Waals surface area contributed by atoms with Crippen LogP contribution in [0.4, 0.5) is 0 Å². The first-order valence-corrected chi connectivity index (χ1v) is 7.12. The van der Waals surface area contributed by atoms with Crippen LogP contribution < -0.4 is 0 Å². The van der Waals surface area contributed by atoms with Crippen molar-refractivity contribution >= 4 is 11.9 Å². The van der Waals surface area contributed by atoms with Gasteiger partial charge in [-0.05, 0) is 18.8 Å². The van der Waals surface area contributed by atoms with E-state index in [1.165, 1.54) is 0 Å². The topological polar surface area (TPSA) is 66.8 Å².